The number of nitrogens with zero attached hydrogens (tertiary/aromatic N) is 2. The molecule has 3 aromatic carbocycles. The third kappa shape index (κ3) is 10.6. The Morgan fingerprint density at radius 2 is 1.68 bits per heavy atom. The maximum absolute atomic E-state index is 14.3. The zero-order valence-electron chi connectivity index (χ0n) is 27.9. The largest absolute Gasteiger partial charge is 0.490 e. The second-order valence-corrected chi connectivity index (χ2v) is 12.4. The molecule has 10 heteroatoms. The van der Waals surface area contributed by atoms with Gasteiger partial charge in [0.15, 0.2) is 0 Å². The number of likely N-dealkylation sites (N-methyl/N-ethyl adjacent to an activating group) is 1. The lowest BCUT2D eigenvalue weighted by molar-refractivity contribution is -0.115. The van der Waals surface area contributed by atoms with Crippen LogP contribution in [0.4, 0.5) is 16.2 Å². The molecule has 4 atom stereocenters. The summed E-state index contributed by atoms with van der Waals surface area (Å²) in [5.41, 5.74) is 2.36. The highest BCUT2D eigenvalue weighted by atomic mass is 16.5. The van der Waals surface area contributed by atoms with Gasteiger partial charge in [0.25, 0.3) is 5.91 Å². The number of rotatable bonds is 8. The van der Waals surface area contributed by atoms with Gasteiger partial charge in [-0.2, -0.15) is 0 Å². The van der Waals surface area contributed by atoms with E-state index in [0.29, 0.717) is 35.8 Å². The first-order chi connectivity index (χ1) is 22.6. The number of para-hydroxylation sites is 1. The van der Waals surface area contributed by atoms with E-state index in [1.54, 1.807) is 42.0 Å². The lowest BCUT2D eigenvalue weighted by atomic mass is 10.0. The minimum Gasteiger partial charge on any atom is -0.490 e. The molecule has 3 aromatic rings. The number of urea groups is 1. The fraction of sp³-hybridized carbons (Fsp3) is 0.432. The molecular weight excluding hydrogens is 596 g/mol. The van der Waals surface area contributed by atoms with Crippen LogP contribution in [0, 0.1) is 5.92 Å². The molecule has 0 spiro atoms. The standard InChI is InChI=1S/C37H48N4O6/c1-26-23-41(27(2)25-42)36(44)32-22-31(38-35(43)21-29-14-7-5-8-15-29)18-19-33(32)47-28(3)13-11-12-20-46-34(26)24-40(4)37(45)39-30-16-9-6-10-17-30/h5-10,14-19,22,26-28,34,42H,11-13,20-21,23-25H2,1-4H3,(H,38,43)(H,39,45)/t26-,27-,28-,34-/m0/s1. The maximum atomic E-state index is 14.3. The van der Waals surface area contributed by atoms with E-state index >= 15 is 0 Å². The molecule has 1 aliphatic rings. The monoisotopic (exact) mass is 644 g/mol. The quantitative estimate of drug-likeness (QED) is 0.284. The van der Waals surface area contributed by atoms with Crippen molar-refractivity contribution in [3.05, 3.63) is 90.0 Å². The van der Waals surface area contributed by atoms with E-state index in [2.05, 4.69) is 10.6 Å². The van der Waals surface area contributed by atoms with Crippen molar-refractivity contribution in [1.29, 1.82) is 0 Å². The van der Waals surface area contributed by atoms with Crippen LogP contribution in [-0.2, 0) is 16.0 Å². The highest BCUT2D eigenvalue weighted by Gasteiger charge is 2.31. The first-order valence-electron chi connectivity index (χ1n) is 16.4. The third-order valence-corrected chi connectivity index (χ3v) is 8.37. The molecular formula is C37H48N4O6. The number of carbonyl (C=O) groups excluding carboxylic acids is 3. The number of anilines is 2. The molecule has 0 aliphatic carbocycles. The van der Waals surface area contributed by atoms with Crippen LogP contribution in [0.2, 0.25) is 0 Å². The highest BCUT2D eigenvalue weighted by Crippen LogP contribution is 2.28. The number of nitrogens with one attached hydrogen (secondary N) is 2. The Hall–Kier alpha value is -4.41. The molecule has 3 N–H and O–H groups in total. The van der Waals surface area contributed by atoms with Crippen molar-refractivity contribution in [1.82, 2.24) is 9.80 Å². The van der Waals surface area contributed by atoms with Gasteiger partial charge in [0.1, 0.15) is 5.75 Å². The smallest absolute Gasteiger partial charge is 0.321 e. The highest BCUT2D eigenvalue weighted by molar-refractivity contribution is 6.00. The van der Waals surface area contributed by atoms with E-state index in [-0.39, 0.29) is 55.5 Å². The van der Waals surface area contributed by atoms with E-state index in [1.807, 2.05) is 74.5 Å². The molecule has 0 saturated carbocycles. The van der Waals surface area contributed by atoms with Crippen LogP contribution in [0.5, 0.6) is 5.75 Å². The van der Waals surface area contributed by atoms with Gasteiger partial charge in [0.2, 0.25) is 5.91 Å². The van der Waals surface area contributed by atoms with Crippen LogP contribution < -0.4 is 15.4 Å². The average Bonchev–Trinajstić information content (AvgIpc) is 3.06. The topological polar surface area (TPSA) is 120 Å². The minimum absolute atomic E-state index is 0.172. The number of amides is 4. The second-order valence-electron chi connectivity index (χ2n) is 12.4. The number of carbonyl (C=O) groups is 3. The molecule has 0 radical (unpaired) electrons. The summed E-state index contributed by atoms with van der Waals surface area (Å²) in [7, 11) is 1.72. The molecule has 10 nitrogen and oxygen atoms in total. The number of hydrogen-bond acceptors (Lipinski definition) is 6. The predicted molar refractivity (Wildman–Crippen MR) is 184 cm³/mol. The maximum Gasteiger partial charge on any atom is 0.321 e. The lowest BCUT2D eigenvalue weighted by Crippen LogP contribution is -2.48. The van der Waals surface area contributed by atoms with Crippen molar-refractivity contribution in [2.24, 2.45) is 5.92 Å². The van der Waals surface area contributed by atoms with Crippen molar-refractivity contribution in [3.63, 3.8) is 0 Å². The van der Waals surface area contributed by atoms with E-state index in [4.69, 9.17) is 9.47 Å². The second kappa shape index (κ2) is 17.5. The number of fused-ring (bicyclic) bond motifs is 1. The first-order valence-corrected chi connectivity index (χ1v) is 16.4. The van der Waals surface area contributed by atoms with Gasteiger partial charge in [-0.3, -0.25) is 9.59 Å². The van der Waals surface area contributed by atoms with Crippen molar-refractivity contribution < 1.29 is 29.0 Å². The minimum atomic E-state index is -0.515. The van der Waals surface area contributed by atoms with Crippen molar-refractivity contribution >= 4 is 29.2 Å². The Morgan fingerprint density at radius 3 is 2.38 bits per heavy atom. The molecule has 4 rings (SSSR count). The number of aliphatic hydroxyl groups excluding tert-OH is 1. The Morgan fingerprint density at radius 1 is 0.979 bits per heavy atom. The van der Waals surface area contributed by atoms with Gasteiger partial charge in [-0.05, 0) is 69.0 Å². The molecule has 0 saturated heterocycles. The Bertz CT molecular complexity index is 1450. The van der Waals surface area contributed by atoms with Gasteiger partial charge >= 0.3 is 6.03 Å². The van der Waals surface area contributed by atoms with Gasteiger partial charge in [-0.1, -0.05) is 55.5 Å². The summed E-state index contributed by atoms with van der Waals surface area (Å²) in [6.07, 6.45) is 2.08. The molecule has 47 heavy (non-hydrogen) atoms. The molecule has 4 amide bonds. The van der Waals surface area contributed by atoms with Crippen LogP contribution >= 0.6 is 0 Å². The van der Waals surface area contributed by atoms with Crippen LogP contribution in [0.1, 0.15) is 56.0 Å². The Balaban J connectivity index is 1.58. The van der Waals surface area contributed by atoms with Gasteiger partial charge in [0, 0.05) is 44.0 Å². The lowest BCUT2D eigenvalue weighted by Gasteiger charge is -2.35. The number of benzene rings is 3. The van der Waals surface area contributed by atoms with E-state index in [0.717, 1.165) is 24.8 Å². The molecule has 252 valence electrons. The number of aliphatic hydroxyl groups is 1. The van der Waals surface area contributed by atoms with Gasteiger partial charge in [-0.25, -0.2) is 4.79 Å². The summed E-state index contributed by atoms with van der Waals surface area (Å²) < 4.78 is 12.7. The van der Waals surface area contributed by atoms with Crippen LogP contribution in [0.3, 0.4) is 0 Å². The van der Waals surface area contributed by atoms with Crippen molar-refractivity contribution in [3.8, 4) is 5.75 Å². The first kappa shape index (κ1) is 35.4. The molecule has 0 unspecified atom stereocenters. The molecule has 0 bridgehead atoms. The fourth-order valence-corrected chi connectivity index (χ4v) is 5.54. The number of hydrogen-bond donors (Lipinski definition) is 3. The van der Waals surface area contributed by atoms with Crippen molar-refractivity contribution in [2.45, 2.75) is 64.7 Å². The van der Waals surface area contributed by atoms with E-state index < -0.39 is 6.04 Å². The molecule has 0 fully saturated rings. The van der Waals surface area contributed by atoms with E-state index in [1.165, 1.54) is 0 Å². The number of ether oxygens (including phenoxy) is 2. The SMILES string of the molecule is C[C@H]1CCCCO[C@@H](CN(C)C(=O)Nc2ccccc2)[C@@H](C)CN([C@@H](C)CO)C(=O)c2cc(NC(=O)Cc3ccccc3)ccc2O1. The van der Waals surface area contributed by atoms with Crippen LogP contribution in [0.15, 0.2) is 78.9 Å². The predicted octanol–water partition coefficient (Wildman–Crippen LogP) is 5.83. The van der Waals surface area contributed by atoms with Crippen LogP contribution in [-0.4, -0.2) is 84.4 Å². The zero-order chi connectivity index (χ0) is 33.8. The van der Waals surface area contributed by atoms with Gasteiger partial charge < -0.3 is 35.0 Å². The summed E-state index contributed by atoms with van der Waals surface area (Å²) in [6, 6.07) is 23.1. The normalized spacial score (nSPS) is 19.8. The summed E-state index contributed by atoms with van der Waals surface area (Å²) in [5, 5.41) is 16.0. The van der Waals surface area contributed by atoms with Crippen LogP contribution in [0.25, 0.3) is 0 Å². The van der Waals surface area contributed by atoms with Gasteiger partial charge in [-0.15, -0.1) is 0 Å². The van der Waals surface area contributed by atoms with E-state index in [9.17, 15) is 19.5 Å². The summed E-state index contributed by atoms with van der Waals surface area (Å²) in [4.78, 5) is 43.5. The molecule has 1 aliphatic heterocycles. The fourth-order valence-electron chi connectivity index (χ4n) is 5.54. The third-order valence-electron chi connectivity index (χ3n) is 8.37. The summed E-state index contributed by atoms with van der Waals surface area (Å²) in [6.45, 7) is 6.57. The van der Waals surface area contributed by atoms with Crippen molar-refractivity contribution in [2.75, 3.05) is 44.0 Å². The summed E-state index contributed by atoms with van der Waals surface area (Å²) in [5.74, 6) is -0.299. The average molecular weight is 645 g/mol. The molecule has 1 heterocycles. The Kier molecular flexibility index (Phi) is 13.2. The van der Waals surface area contributed by atoms with Gasteiger partial charge in [0.05, 0.1) is 36.8 Å². The zero-order valence-corrected chi connectivity index (χ0v) is 27.9. The molecule has 0 aromatic heterocycles. The Labute approximate surface area is 278 Å². The summed E-state index contributed by atoms with van der Waals surface area (Å²) >= 11 is 0.